The van der Waals surface area contributed by atoms with Crippen LogP contribution in [0.1, 0.15) is 22.8 Å². The molecule has 1 aromatic carbocycles. The molecule has 0 spiro atoms. The number of benzene rings is 1. The van der Waals surface area contributed by atoms with Gasteiger partial charge in [0.2, 0.25) is 5.91 Å². The molecule has 1 N–H and O–H groups in total. The van der Waals surface area contributed by atoms with Gasteiger partial charge in [0, 0.05) is 17.0 Å². The molecule has 1 rings (SSSR count). The SMILES string of the molecule is CC(=O)NC(=O)c1ccc(C)c(Br)c1. The van der Waals surface area contributed by atoms with Crippen LogP contribution < -0.4 is 5.32 Å². The van der Waals surface area contributed by atoms with Crippen LogP contribution in [0.2, 0.25) is 0 Å². The van der Waals surface area contributed by atoms with E-state index >= 15 is 0 Å². The zero-order valence-corrected chi connectivity index (χ0v) is 9.51. The lowest BCUT2D eigenvalue weighted by Crippen LogP contribution is -2.27. The van der Waals surface area contributed by atoms with Crippen LogP contribution in [0.3, 0.4) is 0 Å². The highest BCUT2D eigenvalue weighted by Crippen LogP contribution is 2.17. The first-order valence-electron chi connectivity index (χ1n) is 4.09. The van der Waals surface area contributed by atoms with Crippen molar-refractivity contribution in [1.29, 1.82) is 0 Å². The molecule has 2 amide bonds. The van der Waals surface area contributed by atoms with E-state index in [0.717, 1.165) is 10.0 Å². The zero-order chi connectivity index (χ0) is 10.7. The van der Waals surface area contributed by atoms with Crippen LogP contribution in [0.4, 0.5) is 0 Å². The first-order chi connectivity index (χ1) is 6.50. The quantitative estimate of drug-likeness (QED) is 0.835. The van der Waals surface area contributed by atoms with Crippen molar-refractivity contribution in [2.24, 2.45) is 0 Å². The largest absolute Gasteiger partial charge is 0.293 e. The normalized spacial score (nSPS) is 9.64. The Hall–Kier alpha value is -1.16. The third kappa shape index (κ3) is 2.67. The third-order valence-electron chi connectivity index (χ3n) is 1.72. The summed E-state index contributed by atoms with van der Waals surface area (Å²) in [6, 6.07) is 5.19. The molecule has 4 heteroatoms. The van der Waals surface area contributed by atoms with Crippen LogP contribution in [-0.4, -0.2) is 11.8 Å². The highest BCUT2D eigenvalue weighted by molar-refractivity contribution is 9.10. The third-order valence-corrected chi connectivity index (χ3v) is 2.58. The number of carbonyl (C=O) groups excluding carboxylic acids is 2. The van der Waals surface area contributed by atoms with Crippen molar-refractivity contribution in [3.05, 3.63) is 33.8 Å². The minimum Gasteiger partial charge on any atom is -0.293 e. The van der Waals surface area contributed by atoms with E-state index in [9.17, 15) is 9.59 Å². The second-order valence-corrected chi connectivity index (χ2v) is 3.83. The van der Waals surface area contributed by atoms with Crippen molar-refractivity contribution in [3.63, 3.8) is 0 Å². The molecule has 0 aromatic heterocycles. The van der Waals surface area contributed by atoms with Crippen LogP contribution in [-0.2, 0) is 4.79 Å². The zero-order valence-electron chi connectivity index (χ0n) is 7.93. The van der Waals surface area contributed by atoms with Crippen molar-refractivity contribution >= 4 is 27.7 Å². The lowest BCUT2D eigenvalue weighted by molar-refractivity contribution is -0.118. The van der Waals surface area contributed by atoms with Gasteiger partial charge in [-0.15, -0.1) is 0 Å². The predicted molar refractivity (Wildman–Crippen MR) is 57.0 cm³/mol. The summed E-state index contributed by atoms with van der Waals surface area (Å²) in [7, 11) is 0. The summed E-state index contributed by atoms with van der Waals surface area (Å²) in [5, 5.41) is 2.21. The smallest absolute Gasteiger partial charge is 0.257 e. The second kappa shape index (κ2) is 4.37. The van der Waals surface area contributed by atoms with Crippen LogP contribution in [0.15, 0.2) is 22.7 Å². The molecule has 0 atom stereocenters. The summed E-state index contributed by atoms with van der Waals surface area (Å²) in [4.78, 5) is 22.0. The van der Waals surface area contributed by atoms with E-state index in [-0.39, 0.29) is 11.8 Å². The number of nitrogens with one attached hydrogen (secondary N) is 1. The minimum atomic E-state index is -0.377. The molecule has 3 nitrogen and oxygen atoms in total. The lowest BCUT2D eigenvalue weighted by Gasteiger charge is -2.03. The van der Waals surface area contributed by atoms with Gasteiger partial charge < -0.3 is 0 Å². The summed E-state index contributed by atoms with van der Waals surface area (Å²) in [5.41, 5.74) is 1.52. The molecule has 74 valence electrons. The fraction of sp³-hybridized carbons (Fsp3) is 0.200. The Bertz CT molecular complexity index is 388. The molecule has 1 aromatic rings. The highest BCUT2D eigenvalue weighted by atomic mass is 79.9. The monoisotopic (exact) mass is 255 g/mol. The van der Waals surface area contributed by atoms with Crippen LogP contribution >= 0.6 is 15.9 Å². The van der Waals surface area contributed by atoms with Gasteiger partial charge in [-0.2, -0.15) is 0 Å². The molecule has 0 radical (unpaired) electrons. The maximum Gasteiger partial charge on any atom is 0.257 e. The van der Waals surface area contributed by atoms with E-state index in [1.165, 1.54) is 6.92 Å². The molecule has 0 bridgehead atoms. The molecule has 0 aliphatic carbocycles. The molecular formula is C10H10BrNO2. The standard InChI is InChI=1S/C10H10BrNO2/c1-6-3-4-8(5-9(6)11)10(14)12-7(2)13/h3-5H,1-2H3,(H,12,13,14). The fourth-order valence-corrected chi connectivity index (χ4v) is 1.34. The van der Waals surface area contributed by atoms with Gasteiger partial charge in [0.05, 0.1) is 0 Å². The van der Waals surface area contributed by atoms with Crippen molar-refractivity contribution in [1.82, 2.24) is 5.32 Å². The number of imide groups is 1. The Morgan fingerprint density at radius 1 is 1.36 bits per heavy atom. The first-order valence-corrected chi connectivity index (χ1v) is 4.88. The van der Waals surface area contributed by atoms with E-state index in [0.29, 0.717) is 5.56 Å². The molecular weight excluding hydrogens is 246 g/mol. The topological polar surface area (TPSA) is 46.2 Å². The number of halogens is 1. The van der Waals surface area contributed by atoms with E-state index in [1.807, 2.05) is 13.0 Å². The predicted octanol–water partition coefficient (Wildman–Crippen LogP) is 2.03. The van der Waals surface area contributed by atoms with Crippen LogP contribution in [0.5, 0.6) is 0 Å². The van der Waals surface area contributed by atoms with Gasteiger partial charge in [0.25, 0.3) is 5.91 Å². The van der Waals surface area contributed by atoms with Crippen molar-refractivity contribution < 1.29 is 9.59 Å². The van der Waals surface area contributed by atoms with Gasteiger partial charge in [-0.25, -0.2) is 0 Å². The van der Waals surface area contributed by atoms with Crippen molar-refractivity contribution in [2.45, 2.75) is 13.8 Å². The van der Waals surface area contributed by atoms with Gasteiger partial charge in [0.1, 0.15) is 0 Å². The first kappa shape index (κ1) is 10.9. The maximum atomic E-state index is 11.4. The van der Waals surface area contributed by atoms with E-state index in [1.54, 1.807) is 12.1 Å². The van der Waals surface area contributed by atoms with Crippen molar-refractivity contribution in [3.8, 4) is 0 Å². The molecule has 0 saturated heterocycles. The van der Waals surface area contributed by atoms with Gasteiger partial charge >= 0.3 is 0 Å². The Balaban J connectivity index is 2.91. The fourth-order valence-electron chi connectivity index (χ4n) is 0.966. The number of rotatable bonds is 1. The second-order valence-electron chi connectivity index (χ2n) is 2.97. The summed E-state index contributed by atoms with van der Waals surface area (Å²) < 4.78 is 0.855. The Kier molecular flexibility index (Phi) is 3.41. The molecule has 0 heterocycles. The maximum absolute atomic E-state index is 11.4. The molecule has 0 saturated carbocycles. The summed E-state index contributed by atoms with van der Waals surface area (Å²) in [6.07, 6.45) is 0. The number of hydrogen-bond donors (Lipinski definition) is 1. The summed E-state index contributed by atoms with van der Waals surface area (Å²) in [5.74, 6) is -0.732. The number of carbonyl (C=O) groups is 2. The van der Waals surface area contributed by atoms with Crippen LogP contribution in [0.25, 0.3) is 0 Å². The van der Waals surface area contributed by atoms with E-state index in [4.69, 9.17) is 0 Å². The molecule has 0 unspecified atom stereocenters. The Morgan fingerprint density at radius 3 is 2.50 bits per heavy atom. The Labute approximate surface area is 90.6 Å². The van der Waals surface area contributed by atoms with Gasteiger partial charge in [-0.05, 0) is 24.6 Å². The molecule has 14 heavy (non-hydrogen) atoms. The van der Waals surface area contributed by atoms with Crippen LogP contribution in [0, 0.1) is 6.92 Å². The van der Waals surface area contributed by atoms with E-state index in [2.05, 4.69) is 21.2 Å². The number of aryl methyl sites for hydroxylation is 1. The molecule has 0 fully saturated rings. The average molecular weight is 256 g/mol. The molecule has 0 aliphatic rings. The summed E-state index contributed by atoms with van der Waals surface area (Å²) >= 11 is 3.32. The van der Waals surface area contributed by atoms with Gasteiger partial charge in [0.15, 0.2) is 0 Å². The Morgan fingerprint density at radius 2 is 2.00 bits per heavy atom. The highest BCUT2D eigenvalue weighted by Gasteiger charge is 2.07. The summed E-state index contributed by atoms with van der Waals surface area (Å²) in [6.45, 7) is 3.23. The molecule has 0 aliphatic heterocycles. The average Bonchev–Trinajstić information content (AvgIpc) is 2.08. The number of amides is 2. The van der Waals surface area contributed by atoms with E-state index < -0.39 is 0 Å². The number of hydrogen-bond acceptors (Lipinski definition) is 2. The lowest BCUT2D eigenvalue weighted by atomic mass is 10.1. The van der Waals surface area contributed by atoms with Crippen molar-refractivity contribution in [2.75, 3.05) is 0 Å². The van der Waals surface area contributed by atoms with Gasteiger partial charge in [-0.3, -0.25) is 14.9 Å². The van der Waals surface area contributed by atoms with Gasteiger partial charge in [-0.1, -0.05) is 22.0 Å². The minimum absolute atomic E-state index is 0.355.